The summed E-state index contributed by atoms with van der Waals surface area (Å²) in [5.41, 5.74) is 4.33. The van der Waals surface area contributed by atoms with Gasteiger partial charge in [-0.1, -0.05) is 11.6 Å². The number of nitrogens with zero attached hydrogens (tertiary/aromatic N) is 2. The highest BCUT2D eigenvalue weighted by atomic mass is 35.5. The lowest BCUT2D eigenvalue weighted by atomic mass is 10.2. The number of pyridine rings is 1. The molecule has 3 rings (SSSR count). The van der Waals surface area contributed by atoms with Crippen LogP contribution < -0.4 is 0 Å². The first-order chi connectivity index (χ1) is 10.3. The Morgan fingerprint density at radius 1 is 1.05 bits per heavy atom. The molecular weight excluding hydrogens is 320 g/mol. The van der Waals surface area contributed by atoms with Crippen molar-refractivity contribution < 1.29 is 8.42 Å². The van der Waals surface area contributed by atoms with Crippen LogP contribution in [0.25, 0.3) is 0 Å². The molecule has 2 aromatic rings. The van der Waals surface area contributed by atoms with Crippen LogP contribution in [0.5, 0.6) is 0 Å². The van der Waals surface area contributed by atoms with Crippen LogP contribution in [0.1, 0.15) is 27.9 Å². The van der Waals surface area contributed by atoms with Crippen LogP contribution in [-0.2, 0) is 23.1 Å². The first kappa shape index (κ1) is 15.5. The fraction of sp³-hybridized carbons (Fsp3) is 0.312. The first-order valence-electron chi connectivity index (χ1n) is 7.00. The predicted octanol–water partition coefficient (Wildman–Crippen LogP) is 3.36. The number of halogens is 1. The maximum absolute atomic E-state index is 12.9. The molecule has 0 fully saturated rings. The monoisotopic (exact) mass is 336 g/mol. The van der Waals surface area contributed by atoms with E-state index >= 15 is 0 Å². The Kier molecular flexibility index (Phi) is 3.75. The quantitative estimate of drug-likeness (QED) is 0.845. The summed E-state index contributed by atoms with van der Waals surface area (Å²) in [6.45, 7) is 6.25. The van der Waals surface area contributed by atoms with Crippen molar-refractivity contribution in [3.05, 3.63) is 57.4 Å². The molecular formula is C16H17ClN2O2S. The zero-order valence-electron chi connectivity index (χ0n) is 12.7. The largest absolute Gasteiger partial charge is 0.261 e. The van der Waals surface area contributed by atoms with Crippen LogP contribution in [0.4, 0.5) is 0 Å². The lowest BCUT2D eigenvalue weighted by Gasteiger charge is -2.18. The smallest absolute Gasteiger partial charge is 0.243 e. The maximum Gasteiger partial charge on any atom is 0.243 e. The third-order valence-electron chi connectivity index (χ3n) is 3.99. The second-order valence-electron chi connectivity index (χ2n) is 5.73. The van der Waals surface area contributed by atoms with Crippen LogP contribution in [0.15, 0.2) is 29.3 Å². The van der Waals surface area contributed by atoms with Crippen LogP contribution in [0.3, 0.4) is 0 Å². The van der Waals surface area contributed by atoms with Gasteiger partial charge in [-0.05, 0) is 61.2 Å². The van der Waals surface area contributed by atoms with Crippen molar-refractivity contribution in [1.82, 2.24) is 9.29 Å². The van der Waals surface area contributed by atoms with Gasteiger partial charge < -0.3 is 0 Å². The van der Waals surface area contributed by atoms with E-state index in [1.54, 1.807) is 25.3 Å². The molecule has 0 atom stereocenters. The number of benzene rings is 1. The van der Waals surface area contributed by atoms with E-state index in [0.717, 1.165) is 22.4 Å². The summed E-state index contributed by atoms with van der Waals surface area (Å²) < 4.78 is 27.4. The molecule has 0 aliphatic carbocycles. The molecule has 22 heavy (non-hydrogen) atoms. The van der Waals surface area contributed by atoms with E-state index in [1.165, 1.54) is 4.31 Å². The average Bonchev–Trinajstić information content (AvgIpc) is 2.86. The standard InChI is InChI=1S/C16H17ClN2O2S/c1-10-5-16(11(2)4-15(10)17)22(20,21)19-8-13-6-12(3)18-7-14(13)9-19/h4-7H,8-9H2,1-3H3. The molecule has 0 saturated carbocycles. The van der Waals surface area contributed by atoms with E-state index in [1.807, 2.05) is 19.9 Å². The van der Waals surface area contributed by atoms with Crippen molar-refractivity contribution in [2.45, 2.75) is 38.8 Å². The normalized spacial score (nSPS) is 15.1. The molecule has 1 aromatic carbocycles. The van der Waals surface area contributed by atoms with Gasteiger partial charge in [0.2, 0.25) is 10.0 Å². The van der Waals surface area contributed by atoms with Crippen LogP contribution in [0.2, 0.25) is 5.02 Å². The van der Waals surface area contributed by atoms with Crippen molar-refractivity contribution in [3.8, 4) is 0 Å². The summed E-state index contributed by atoms with van der Waals surface area (Å²) >= 11 is 6.07. The molecule has 0 saturated heterocycles. The number of aryl methyl sites for hydroxylation is 3. The van der Waals surface area contributed by atoms with Crippen LogP contribution >= 0.6 is 11.6 Å². The molecule has 0 N–H and O–H groups in total. The van der Waals surface area contributed by atoms with E-state index in [0.29, 0.717) is 28.6 Å². The molecule has 0 unspecified atom stereocenters. The second-order valence-corrected chi connectivity index (χ2v) is 8.05. The number of rotatable bonds is 2. The minimum absolute atomic E-state index is 0.326. The van der Waals surface area contributed by atoms with Crippen LogP contribution in [-0.4, -0.2) is 17.7 Å². The van der Waals surface area contributed by atoms with Gasteiger partial charge in [0.15, 0.2) is 0 Å². The highest BCUT2D eigenvalue weighted by Crippen LogP contribution is 2.31. The Bertz CT molecular complexity index is 863. The molecule has 1 aliphatic rings. The molecule has 116 valence electrons. The van der Waals surface area contributed by atoms with Gasteiger partial charge in [0.05, 0.1) is 4.90 Å². The maximum atomic E-state index is 12.9. The highest BCUT2D eigenvalue weighted by Gasteiger charge is 2.32. The molecule has 1 aromatic heterocycles. The summed E-state index contributed by atoms with van der Waals surface area (Å²) in [6.07, 6.45) is 1.76. The molecule has 1 aliphatic heterocycles. The lowest BCUT2D eigenvalue weighted by Crippen LogP contribution is -2.26. The molecule has 0 spiro atoms. The third kappa shape index (κ3) is 2.53. The SMILES string of the molecule is Cc1cc2c(cn1)CN(S(=O)(=O)c1cc(C)c(Cl)cc1C)C2. The van der Waals surface area contributed by atoms with E-state index in [4.69, 9.17) is 11.6 Å². The summed E-state index contributed by atoms with van der Waals surface area (Å²) in [7, 11) is -3.54. The number of fused-ring (bicyclic) bond motifs is 1. The molecule has 4 nitrogen and oxygen atoms in total. The average molecular weight is 337 g/mol. The Balaban J connectivity index is 2.01. The molecule has 2 heterocycles. The van der Waals surface area contributed by atoms with Crippen molar-refractivity contribution in [3.63, 3.8) is 0 Å². The van der Waals surface area contributed by atoms with Gasteiger partial charge >= 0.3 is 0 Å². The Labute approximate surface area is 135 Å². The predicted molar refractivity (Wildman–Crippen MR) is 86.3 cm³/mol. The minimum atomic E-state index is -3.54. The van der Waals surface area contributed by atoms with Gasteiger partial charge in [-0.3, -0.25) is 4.98 Å². The summed E-state index contributed by atoms with van der Waals surface area (Å²) in [5, 5.41) is 0.584. The Morgan fingerprint density at radius 2 is 1.73 bits per heavy atom. The fourth-order valence-corrected chi connectivity index (χ4v) is 4.62. The zero-order valence-corrected chi connectivity index (χ0v) is 14.3. The van der Waals surface area contributed by atoms with Gasteiger partial charge in [0.1, 0.15) is 0 Å². The topological polar surface area (TPSA) is 50.3 Å². The van der Waals surface area contributed by atoms with Gasteiger partial charge in [-0.2, -0.15) is 4.31 Å². The Morgan fingerprint density at radius 3 is 2.45 bits per heavy atom. The zero-order chi connectivity index (χ0) is 16.1. The van der Waals surface area contributed by atoms with Crippen molar-refractivity contribution in [2.75, 3.05) is 0 Å². The molecule has 0 radical (unpaired) electrons. The minimum Gasteiger partial charge on any atom is -0.261 e. The summed E-state index contributed by atoms with van der Waals surface area (Å²) in [6, 6.07) is 5.31. The first-order valence-corrected chi connectivity index (χ1v) is 8.82. The van der Waals surface area contributed by atoms with E-state index < -0.39 is 10.0 Å². The van der Waals surface area contributed by atoms with Gasteiger partial charge in [0, 0.05) is 30.0 Å². The number of aromatic nitrogens is 1. The van der Waals surface area contributed by atoms with Crippen LogP contribution in [0, 0.1) is 20.8 Å². The summed E-state index contributed by atoms with van der Waals surface area (Å²) in [5.74, 6) is 0. The van der Waals surface area contributed by atoms with Crippen molar-refractivity contribution >= 4 is 21.6 Å². The number of hydrogen-bond acceptors (Lipinski definition) is 3. The lowest BCUT2D eigenvalue weighted by molar-refractivity contribution is 0.431. The highest BCUT2D eigenvalue weighted by molar-refractivity contribution is 7.89. The van der Waals surface area contributed by atoms with E-state index in [2.05, 4.69) is 4.98 Å². The van der Waals surface area contributed by atoms with Gasteiger partial charge in [-0.25, -0.2) is 8.42 Å². The van der Waals surface area contributed by atoms with E-state index in [-0.39, 0.29) is 0 Å². The van der Waals surface area contributed by atoms with Gasteiger partial charge in [0.25, 0.3) is 0 Å². The Hall–Kier alpha value is -1.43. The number of hydrogen-bond donors (Lipinski definition) is 0. The molecule has 0 amide bonds. The molecule has 6 heteroatoms. The number of sulfonamides is 1. The van der Waals surface area contributed by atoms with E-state index in [9.17, 15) is 8.42 Å². The van der Waals surface area contributed by atoms with Crippen molar-refractivity contribution in [1.29, 1.82) is 0 Å². The third-order valence-corrected chi connectivity index (χ3v) is 6.33. The summed E-state index contributed by atoms with van der Waals surface area (Å²) in [4.78, 5) is 4.57. The second kappa shape index (κ2) is 5.33. The van der Waals surface area contributed by atoms with Gasteiger partial charge in [-0.15, -0.1) is 0 Å². The fourth-order valence-electron chi connectivity index (χ4n) is 2.71. The van der Waals surface area contributed by atoms with Crippen molar-refractivity contribution in [2.24, 2.45) is 0 Å². The molecule has 0 bridgehead atoms.